The Morgan fingerprint density at radius 3 is 0.792 bits per heavy atom. The Labute approximate surface area is 876 Å². The highest BCUT2D eigenvalue weighted by atomic mass is 32.1. The number of nitrogens with one attached hydrogen (secondary N) is 10. The number of benzene rings is 10. The van der Waals surface area contributed by atoms with E-state index in [1.54, 1.807) is 128 Å². The second-order valence-corrected chi connectivity index (χ2v) is 39.8. The van der Waals surface area contributed by atoms with Crippen molar-refractivity contribution in [2.45, 2.75) is 69.2 Å². The van der Waals surface area contributed by atoms with Gasteiger partial charge in [-0.25, -0.2) is 66.5 Å². The largest absolute Gasteiger partial charge is 0.323 e. The summed E-state index contributed by atoms with van der Waals surface area (Å²) in [6.45, 7) is 19.4. The molecule has 0 aliphatic rings. The lowest BCUT2D eigenvalue weighted by Gasteiger charge is -2.11. The van der Waals surface area contributed by atoms with Gasteiger partial charge in [0.05, 0.1) is 95.0 Å². The fourth-order valence-corrected chi connectivity index (χ4v) is 19.9. The summed E-state index contributed by atoms with van der Waals surface area (Å²) in [5.41, 5.74) is 22.7. The smallest absolute Gasteiger partial charge is 0.308 e. The molecular formula is C115H96F4N20O5S5. The lowest BCUT2D eigenvalue weighted by atomic mass is 10.1. The maximum Gasteiger partial charge on any atom is 0.323 e. The molecule has 10 heterocycles. The van der Waals surface area contributed by atoms with Crippen molar-refractivity contribution in [3.05, 3.63) is 417 Å². The minimum absolute atomic E-state index is 0.0118. The third kappa shape index (κ3) is 28.4. The first-order valence-electron chi connectivity index (χ1n) is 46.5. The first kappa shape index (κ1) is 104. The van der Waals surface area contributed by atoms with Crippen LogP contribution >= 0.6 is 56.7 Å². The van der Waals surface area contributed by atoms with Gasteiger partial charge in [0.2, 0.25) is 0 Å². The lowest BCUT2D eigenvalue weighted by Crippen LogP contribution is -2.20. The number of rotatable bonds is 20. The molecule has 25 nitrogen and oxygen atoms in total. The van der Waals surface area contributed by atoms with Crippen LogP contribution in [0.4, 0.5) is 98.4 Å². The van der Waals surface area contributed by atoms with E-state index in [1.807, 2.05) is 263 Å². The van der Waals surface area contributed by atoms with Crippen LogP contribution in [0.15, 0.2) is 341 Å². The molecule has 0 atom stereocenters. The number of thiazole rings is 5. The average molecular weight is 2070 g/mol. The SMILES string of the molecule is Cc1ccc(NC(=O)Nc2cc(-c3sc(C)nc3-c3ccncc3)ccc2F)c(F)c1.Cc1ccc(NC(=O)Nc2ccc(F)c(-c3sc(C)nc3-c3ccncc3)c2)cc1.Cc1ccc(NC(=O)Nc2cccc(-c3sc(C)nc3-c3ccncc3)c2)cc1.Cc1ccc(NC(=O)Nc2cccc(-c3sc(C)nc3-c3ccncc3)c2)cc1.Cc1cccc(NC(=O)Nc2cc(-c3sc(C)nc3-c3ccncc3)ccc2F)c1. The first-order valence-corrected chi connectivity index (χ1v) is 50.6. The highest BCUT2D eigenvalue weighted by molar-refractivity contribution is 7.17. The van der Waals surface area contributed by atoms with Crippen LogP contribution in [-0.2, 0) is 0 Å². The van der Waals surface area contributed by atoms with Crippen LogP contribution < -0.4 is 53.2 Å². The summed E-state index contributed by atoms with van der Waals surface area (Å²) in [4.78, 5) is 110. The topological polar surface area (TPSA) is 335 Å². The van der Waals surface area contributed by atoms with Gasteiger partial charge in [0.15, 0.2) is 0 Å². The van der Waals surface area contributed by atoms with Gasteiger partial charge in [0.25, 0.3) is 0 Å². The van der Waals surface area contributed by atoms with E-state index in [0.29, 0.717) is 38.8 Å². The van der Waals surface area contributed by atoms with Crippen LogP contribution in [0.5, 0.6) is 0 Å². The maximum atomic E-state index is 14.7. The average Bonchev–Trinajstić information content (AvgIpc) is 1.67. The van der Waals surface area contributed by atoms with E-state index in [0.717, 1.165) is 162 Å². The van der Waals surface area contributed by atoms with E-state index in [9.17, 15) is 41.5 Å². The van der Waals surface area contributed by atoms with Gasteiger partial charge in [-0.05, 0) is 291 Å². The van der Waals surface area contributed by atoms with E-state index >= 15 is 0 Å². The number of hydrogen-bond acceptors (Lipinski definition) is 20. The summed E-state index contributed by atoms with van der Waals surface area (Å²) in [6, 6.07) is 80.7. The molecule has 0 saturated heterocycles. The van der Waals surface area contributed by atoms with E-state index in [2.05, 4.69) is 93.0 Å². The molecule has 10 aromatic heterocycles. The van der Waals surface area contributed by atoms with Gasteiger partial charge in [-0.2, -0.15) is 0 Å². The summed E-state index contributed by atoms with van der Waals surface area (Å²) in [7, 11) is 0. The molecule has 0 aliphatic carbocycles. The highest BCUT2D eigenvalue weighted by Gasteiger charge is 2.24. The maximum absolute atomic E-state index is 14.7. The first-order chi connectivity index (χ1) is 72.0. The van der Waals surface area contributed by atoms with Crippen molar-refractivity contribution in [1.82, 2.24) is 49.8 Å². The van der Waals surface area contributed by atoms with Gasteiger partial charge in [-0.15, -0.1) is 56.7 Å². The predicted octanol–water partition coefficient (Wildman–Crippen LogP) is 31.2. The molecule has 34 heteroatoms. The number of anilines is 10. The third-order valence-electron chi connectivity index (χ3n) is 22.2. The Hall–Kier alpha value is -17.8. The van der Waals surface area contributed by atoms with Crippen molar-refractivity contribution in [2.75, 3.05) is 53.2 Å². The molecule has 0 saturated carbocycles. The molecule has 10 aromatic carbocycles. The number of amides is 10. The van der Waals surface area contributed by atoms with Crippen molar-refractivity contribution < 1.29 is 41.5 Å². The zero-order valence-corrected chi connectivity index (χ0v) is 86.0. The number of nitrogens with zero attached hydrogens (tertiary/aromatic N) is 10. The third-order valence-corrected chi connectivity index (χ3v) is 27.3. The number of hydrogen-bond donors (Lipinski definition) is 10. The number of aromatic nitrogens is 10. The summed E-state index contributed by atoms with van der Waals surface area (Å²) in [6.07, 6.45) is 17.2. The second kappa shape index (κ2) is 49.2. The molecule has 0 bridgehead atoms. The Bertz CT molecular complexity index is 7950. The van der Waals surface area contributed by atoms with Crippen molar-refractivity contribution in [2.24, 2.45) is 0 Å². The Balaban J connectivity index is 0.000000133. The van der Waals surface area contributed by atoms with Gasteiger partial charge in [0, 0.05) is 135 Å². The van der Waals surface area contributed by atoms with Gasteiger partial charge in [-0.1, -0.05) is 108 Å². The highest BCUT2D eigenvalue weighted by Crippen LogP contribution is 2.45. The van der Waals surface area contributed by atoms with E-state index in [-0.39, 0.29) is 34.9 Å². The number of pyridine rings is 5. The van der Waals surface area contributed by atoms with Gasteiger partial charge < -0.3 is 53.2 Å². The summed E-state index contributed by atoms with van der Waals surface area (Å²) in [5.74, 6) is -2.05. The summed E-state index contributed by atoms with van der Waals surface area (Å²) >= 11 is 7.66. The number of urea groups is 5. The Kier molecular flexibility index (Phi) is 34.3. The summed E-state index contributed by atoms with van der Waals surface area (Å²) in [5, 5.41) is 31.8. The Morgan fingerprint density at radius 2 is 0.456 bits per heavy atom. The fraction of sp³-hybridized carbons (Fsp3) is 0.0870. The minimum atomic E-state index is -0.742. The molecule has 0 unspecified atom stereocenters. The van der Waals surface area contributed by atoms with Crippen LogP contribution in [0.25, 0.3) is 108 Å². The van der Waals surface area contributed by atoms with Crippen LogP contribution in [0.2, 0.25) is 0 Å². The molecule has 10 N–H and O–H groups in total. The molecule has 0 fully saturated rings. The molecule has 744 valence electrons. The fourth-order valence-electron chi connectivity index (χ4n) is 15.2. The van der Waals surface area contributed by atoms with E-state index in [1.165, 1.54) is 76.5 Å². The molecule has 20 rings (SSSR count). The predicted molar refractivity (Wildman–Crippen MR) is 597 cm³/mol. The van der Waals surface area contributed by atoms with Crippen LogP contribution in [0.1, 0.15) is 52.9 Å². The molecular weight excluding hydrogens is 1980 g/mol. The molecule has 0 aliphatic heterocycles. The molecule has 149 heavy (non-hydrogen) atoms. The molecule has 10 amide bonds. The van der Waals surface area contributed by atoms with Crippen molar-refractivity contribution in [3.8, 4) is 108 Å². The van der Waals surface area contributed by atoms with Crippen LogP contribution in [0.3, 0.4) is 0 Å². The zero-order valence-electron chi connectivity index (χ0n) is 81.9. The van der Waals surface area contributed by atoms with Gasteiger partial charge in [0.1, 0.15) is 23.3 Å². The monoisotopic (exact) mass is 2070 g/mol. The van der Waals surface area contributed by atoms with Crippen LogP contribution in [0, 0.1) is 92.5 Å². The number of halogens is 4. The van der Waals surface area contributed by atoms with Gasteiger partial charge >= 0.3 is 30.2 Å². The molecule has 0 spiro atoms. The summed E-state index contributed by atoms with van der Waals surface area (Å²) < 4.78 is 57.5. The van der Waals surface area contributed by atoms with E-state index in [4.69, 9.17) is 9.97 Å². The molecule has 20 aromatic rings. The quantitative estimate of drug-likeness (QED) is 0.0317. The lowest BCUT2D eigenvalue weighted by molar-refractivity contribution is 0.261. The number of aryl methyl sites for hydroxylation is 10. The Morgan fingerprint density at radius 1 is 0.201 bits per heavy atom. The second-order valence-electron chi connectivity index (χ2n) is 33.8. The zero-order chi connectivity index (χ0) is 105. The van der Waals surface area contributed by atoms with E-state index < -0.39 is 35.5 Å². The van der Waals surface area contributed by atoms with Crippen molar-refractivity contribution in [1.29, 1.82) is 0 Å². The number of carbonyl (C=O) groups excluding carboxylic acids is 5. The van der Waals surface area contributed by atoms with Crippen molar-refractivity contribution in [3.63, 3.8) is 0 Å². The van der Waals surface area contributed by atoms with Crippen molar-refractivity contribution >= 4 is 144 Å². The minimum Gasteiger partial charge on any atom is -0.308 e. The van der Waals surface area contributed by atoms with Gasteiger partial charge in [-0.3, -0.25) is 24.9 Å². The van der Waals surface area contributed by atoms with Crippen LogP contribution in [-0.4, -0.2) is 80.0 Å². The number of carbonyl (C=O) groups is 5. The standard InChI is InChI=1S/C23H18F2N4OS.2C23H19FN4OS.2C23H20N4OS/c1-13-3-6-19(18(25)11-13)28-23(30)29-20-12-16(4-5-17(20)24)22-21(27-14(2)31-22)15-7-9-26-10-8-15;1-14-3-5-17(6-4-14)27-23(29)28-18-7-8-20(24)19(13-18)22-21(26-15(2)30-22)16-9-11-25-12-10-16;1-14-4-3-5-18(12-14)27-23(29)28-20-13-17(6-7-19(20)24)22-21(26-15(2)30-22)16-8-10-25-11-9-16;2*1-15-6-8-19(9-7-15)26-23(28)27-20-5-3-4-18(14-20)22-21(25-16(2)29-22)17-10-12-24-13-11-17/h3-12H,1-2H3,(H2,28,29,30);2*3-13H,1-2H3,(H2,27,28,29);2*3-14H,1-2H3,(H2,26,27,28). The molecule has 0 radical (unpaired) electrons. The normalized spacial score (nSPS) is 10.6.